The number of carbonyl (C=O) groups excluding carboxylic acids is 2. The van der Waals surface area contributed by atoms with Crippen LogP contribution in [0, 0.1) is 0 Å². The molecule has 1 aliphatic carbocycles. The lowest BCUT2D eigenvalue weighted by molar-refractivity contribution is -0.139. The van der Waals surface area contributed by atoms with E-state index in [0.717, 1.165) is 32.1 Å². The van der Waals surface area contributed by atoms with Gasteiger partial charge in [0.05, 0.1) is 0 Å². The lowest BCUT2D eigenvalue weighted by Gasteiger charge is -2.38. The van der Waals surface area contributed by atoms with Crippen molar-refractivity contribution in [3.63, 3.8) is 0 Å². The topological polar surface area (TPSA) is 66.6 Å². The Bertz CT molecular complexity index is 390. The maximum absolute atomic E-state index is 12.4. The Morgan fingerprint density at radius 3 is 2.79 bits per heavy atom. The van der Waals surface area contributed by atoms with Crippen molar-refractivity contribution >= 4 is 11.8 Å². The second-order valence-corrected chi connectivity index (χ2v) is 6.37. The van der Waals surface area contributed by atoms with E-state index in [1.54, 1.807) is 0 Å². The first-order valence-electron chi connectivity index (χ1n) is 7.44. The lowest BCUT2D eigenvalue weighted by Crippen LogP contribution is -2.54. The molecule has 106 valence electrons. The maximum atomic E-state index is 12.4. The van der Waals surface area contributed by atoms with Crippen molar-refractivity contribution in [3.8, 4) is 0 Å². The monoisotopic (exact) mass is 265 g/mol. The summed E-state index contributed by atoms with van der Waals surface area (Å²) in [6.07, 6.45) is 6.27. The molecule has 5 nitrogen and oxygen atoms in total. The van der Waals surface area contributed by atoms with Crippen molar-refractivity contribution < 1.29 is 9.59 Å². The average Bonchev–Trinajstić information content (AvgIpc) is 2.96. The molecule has 0 aromatic rings. The normalized spacial score (nSPS) is 29.7. The van der Waals surface area contributed by atoms with Gasteiger partial charge in [-0.25, -0.2) is 0 Å². The first kappa shape index (κ1) is 12.9. The van der Waals surface area contributed by atoms with Crippen molar-refractivity contribution in [2.75, 3.05) is 19.6 Å². The molecule has 0 radical (unpaired) electrons. The number of fused-ring (bicyclic) bond motifs is 1. The van der Waals surface area contributed by atoms with Crippen LogP contribution in [-0.4, -0.2) is 52.8 Å². The Balaban J connectivity index is 1.58. The zero-order valence-corrected chi connectivity index (χ0v) is 11.4. The third-order valence-corrected chi connectivity index (χ3v) is 4.95. The zero-order chi connectivity index (χ0) is 13.5. The standard InChI is InChI=1S/C14H23N3O2/c15-14(5-1-2-6-14)9-13(19)16-7-8-17-11(10-16)3-4-12(17)18/h11H,1-10,15H2. The first-order chi connectivity index (χ1) is 9.07. The van der Waals surface area contributed by atoms with Gasteiger partial charge in [0.2, 0.25) is 11.8 Å². The number of carbonyl (C=O) groups is 2. The molecule has 2 amide bonds. The summed E-state index contributed by atoms with van der Waals surface area (Å²) < 4.78 is 0. The molecule has 1 unspecified atom stereocenters. The highest BCUT2D eigenvalue weighted by molar-refractivity contribution is 5.81. The fourth-order valence-corrected chi connectivity index (χ4v) is 3.76. The molecule has 2 N–H and O–H groups in total. The molecule has 19 heavy (non-hydrogen) atoms. The molecule has 1 atom stereocenters. The first-order valence-corrected chi connectivity index (χ1v) is 7.44. The Hall–Kier alpha value is -1.10. The van der Waals surface area contributed by atoms with Crippen LogP contribution in [0.2, 0.25) is 0 Å². The maximum Gasteiger partial charge on any atom is 0.224 e. The molecule has 3 fully saturated rings. The second-order valence-electron chi connectivity index (χ2n) is 6.37. The Morgan fingerprint density at radius 1 is 1.32 bits per heavy atom. The van der Waals surface area contributed by atoms with Gasteiger partial charge in [0, 0.05) is 44.1 Å². The van der Waals surface area contributed by atoms with Crippen molar-refractivity contribution in [2.45, 2.75) is 56.5 Å². The molecule has 2 saturated heterocycles. The van der Waals surface area contributed by atoms with E-state index in [1.165, 1.54) is 0 Å². The molecule has 3 rings (SSSR count). The van der Waals surface area contributed by atoms with Crippen molar-refractivity contribution in [3.05, 3.63) is 0 Å². The van der Waals surface area contributed by atoms with Gasteiger partial charge >= 0.3 is 0 Å². The minimum absolute atomic E-state index is 0.184. The highest BCUT2D eigenvalue weighted by atomic mass is 16.2. The molecular weight excluding hydrogens is 242 g/mol. The van der Waals surface area contributed by atoms with Crippen LogP contribution in [0.15, 0.2) is 0 Å². The third kappa shape index (κ3) is 2.48. The number of rotatable bonds is 2. The number of hydrogen-bond acceptors (Lipinski definition) is 3. The van der Waals surface area contributed by atoms with Gasteiger partial charge in [0.1, 0.15) is 0 Å². The van der Waals surface area contributed by atoms with Gasteiger partial charge in [-0.15, -0.1) is 0 Å². The summed E-state index contributed by atoms with van der Waals surface area (Å²) in [5.41, 5.74) is 6.02. The molecular formula is C14H23N3O2. The summed E-state index contributed by atoms with van der Waals surface area (Å²) in [5.74, 6) is 0.437. The van der Waals surface area contributed by atoms with E-state index in [9.17, 15) is 9.59 Å². The molecule has 0 aromatic carbocycles. The van der Waals surface area contributed by atoms with E-state index in [2.05, 4.69) is 0 Å². The molecule has 3 aliphatic rings. The van der Waals surface area contributed by atoms with E-state index in [0.29, 0.717) is 32.5 Å². The minimum Gasteiger partial charge on any atom is -0.339 e. The van der Waals surface area contributed by atoms with Gasteiger partial charge in [0.25, 0.3) is 0 Å². The van der Waals surface area contributed by atoms with Crippen molar-refractivity contribution in [1.29, 1.82) is 0 Å². The average molecular weight is 265 g/mol. The molecule has 5 heteroatoms. The molecule has 2 heterocycles. The Kier molecular flexibility index (Phi) is 3.25. The SMILES string of the molecule is NC1(CC(=O)N2CCN3C(=O)CCC3C2)CCCC1. The minimum atomic E-state index is -0.264. The van der Waals surface area contributed by atoms with Gasteiger partial charge in [0.15, 0.2) is 0 Å². The van der Waals surface area contributed by atoms with Crippen molar-refractivity contribution in [2.24, 2.45) is 5.73 Å². The fourth-order valence-electron chi connectivity index (χ4n) is 3.76. The smallest absolute Gasteiger partial charge is 0.224 e. The van der Waals surface area contributed by atoms with E-state index in [-0.39, 0.29) is 23.4 Å². The van der Waals surface area contributed by atoms with Crippen LogP contribution in [0.1, 0.15) is 44.9 Å². The quantitative estimate of drug-likeness (QED) is 0.790. The largest absolute Gasteiger partial charge is 0.339 e. The molecule has 2 aliphatic heterocycles. The Labute approximate surface area is 114 Å². The number of amides is 2. The Morgan fingerprint density at radius 2 is 2.05 bits per heavy atom. The van der Waals surface area contributed by atoms with E-state index in [1.807, 2.05) is 9.80 Å². The van der Waals surface area contributed by atoms with Crippen LogP contribution in [0.4, 0.5) is 0 Å². The summed E-state index contributed by atoms with van der Waals surface area (Å²) in [6, 6.07) is 0.252. The van der Waals surface area contributed by atoms with Gasteiger partial charge in [-0.1, -0.05) is 12.8 Å². The number of nitrogens with zero attached hydrogens (tertiary/aromatic N) is 2. The van der Waals surface area contributed by atoms with Crippen LogP contribution in [0.5, 0.6) is 0 Å². The third-order valence-electron chi connectivity index (χ3n) is 4.95. The lowest BCUT2D eigenvalue weighted by atomic mass is 9.93. The van der Waals surface area contributed by atoms with E-state index < -0.39 is 0 Å². The van der Waals surface area contributed by atoms with E-state index >= 15 is 0 Å². The molecule has 0 aromatic heterocycles. The van der Waals surface area contributed by atoms with Crippen LogP contribution >= 0.6 is 0 Å². The van der Waals surface area contributed by atoms with Gasteiger partial charge < -0.3 is 15.5 Å². The van der Waals surface area contributed by atoms with Crippen LogP contribution < -0.4 is 5.73 Å². The fraction of sp³-hybridized carbons (Fsp3) is 0.857. The summed E-state index contributed by atoms with van der Waals surface area (Å²) in [6.45, 7) is 2.09. The highest BCUT2D eigenvalue weighted by Crippen LogP contribution is 2.31. The van der Waals surface area contributed by atoms with Crippen molar-refractivity contribution in [1.82, 2.24) is 9.80 Å². The highest BCUT2D eigenvalue weighted by Gasteiger charge is 2.39. The summed E-state index contributed by atoms with van der Waals surface area (Å²) >= 11 is 0. The van der Waals surface area contributed by atoms with Gasteiger partial charge in [-0.3, -0.25) is 9.59 Å². The molecule has 0 spiro atoms. The number of nitrogens with two attached hydrogens (primary N) is 1. The second kappa shape index (κ2) is 4.78. The predicted octanol–water partition coefficient (Wildman–Crippen LogP) is 0.481. The summed E-state index contributed by atoms with van der Waals surface area (Å²) in [4.78, 5) is 27.9. The number of hydrogen-bond donors (Lipinski definition) is 1. The molecule has 1 saturated carbocycles. The van der Waals surface area contributed by atoms with Crippen LogP contribution in [0.25, 0.3) is 0 Å². The summed E-state index contributed by atoms with van der Waals surface area (Å²) in [7, 11) is 0. The summed E-state index contributed by atoms with van der Waals surface area (Å²) in [5, 5.41) is 0. The molecule has 0 bridgehead atoms. The number of piperazine rings is 1. The van der Waals surface area contributed by atoms with Gasteiger partial charge in [-0.2, -0.15) is 0 Å². The van der Waals surface area contributed by atoms with E-state index in [4.69, 9.17) is 5.73 Å². The van der Waals surface area contributed by atoms with Crippen LogP contribution in [-0.2, 0) is 9.59 Å². The zero-order valence-electron chi connectivity index (χ0n) is 11.4. The predicted molar refractivity (Wildman–Crippen MR) is 71.3 cm³/mol. The van der Waals surface area contributed by atoms with Crippen LogP contribution in [0.3, 0.4) is 0 Å². The van der Waals surface area contributed by atoms with Gasteiger partial charge in [-0.05, 0) is 19.3 Å².